The first-order valence-corrected chi connectivity index (χ1v) is 8.18. The number of rotatable bonds is 1. The fourth-order valence-corrected chi connectivity index (χ4v) is 4.07. The molecule has 0 aliphatic carbocycles. The summed E-state index contributed by atoms with van der Waals surface area (Å²) in [5.74, 6) is 0. The molecule has 0 radical (unpaired) electrons. The van der Waals surface area contributed by atoms with E-state index in [9.17, 15) is 0 Å². The molecule has 0 atom stereocenters. The van der Waals surface area contributed by atoms with E-state index in [-0.39, 0.29) is 0 Å². The highest BCUT2D eigenvalue weighted by atomic mass is 32.1. The molecule has 4 heteroatoms. The molecule has 0 amide bonds. The number of benzene rings is 1. The number of aromatic nitrogens is 3. The van der Waals surface area contributed by atoms with Crippen LogP contribution in [0.1, 0.15) is 0 Å². The minimum atomic E-state index is 0.960. The topological polar surface area (TPSA) is 38.7 Å². The van der Waals surface area contributed by atoms with Crippen molar-refractivity contribution in [2.24, 2.45) is 0 Å². The standard InChI is InChI=1S/C19H11N3S/c1-3-14(15-9-13-10-20-8-6-12(13)11-22-15)18-16(4-1)23-17-5-2-7-21-19(17)18/h1-11H. The second-order valence-electron chi connectivity index (χ2n) is 5.42. The Labute approximate surface area is 136 Å². The van der Waals surface area contributed by atoms with Gasteiger partial charge in [0.2, 0.25) is 0 Å². The van der Waals surface area contributed by atoms with Gasteiger partial charge in [-0.05, 0) is 30.3 Å². The van der Waals surface area contributed by atoms with Crippen LogP contribution in [0, 0.1) is 0 Å². The number of hydrogen-bond donors (Lipinski definition) is 0. The fraction of sp³-hybridized carbons (Fsp3) is 0. The molecule has 4 heterocycles. The normalized spacial score (nSPS) is 11.5. The van der Waals surface area contributed by atoms with Crippen molar-refractivity contribution in [3.63, 3.8) is 0 Å². The van der Waals surface area contributed by atoms with Gasteiger partial charge in [-0.2, -0.15) is 0 Å². The molecule has 0 fully saturated rings. The lowest BCUT2D eigenvalue weighted by atomic mass is 10.0. The van der Waals surface area contributed by atoms with Crippen molar-refractivity contribution in [1.29, 1.82) is 0 Å². The van der Waals surface area contributed by atoms with Gasteiger partial charge < -0.3 is 0 Å². The molecule has 0 aliphatic rings. The summed E-state index contributed by atoms with van der Waals surface area (Å²) < 4.78 is 2.45. The van der Waals surface area contributed by atoms with Gasteiger partial charge in [-0.25, -0.2) is 0 Å². The molecule has 0 unspecified atom stereocenters. The number of thiophene rings is 1. The minimum absolute atomic E-state index is 0.960. The highest BCUT2D eigenvalue weighted by Gasteiger charge is 2.12. The second-order valence-corrected chi connectivity index (χ2v) is 6.51. The van der Waals surface area contributed by atoms with E-state index in [0.29, 0.717) is 0 Å². The number of pyridine rings is 3. The molecule has 0 N–H and O–H groups in total. The highest BCUT2D eigenvalue weighted by Crippen LogP contribution is 2.38. The van der Waals surface area contributed by atoms with Crippen molar-refractivity contribution in [2.45, 2.75) is 0 Å². The van der Waals surface area contributed by atoms with Crippen molar-refractivity contribution in [1.82, 2.24) is 15.0 Å². The lowest BCUT2D eigenvalue weighted by molar-refractivity contribution is 1.32. The first-order valence-electron chi connectivity index (χ1n) is 7.36. The number of hydrogen-bond acceptors (Lipinski definition) is 4. The van der Waals surface area contributed by atoms with Crippen LogP contribution in [0.5, 0.6) is 0 Å². The summed E-state index contributed by atoms with van der Waals surface area (Å²) in [5.41, 5.74) is 3.14. The van der Waals surface area contributed by atoms with Crippen LogP contribution in [0.2, 0.25) is 0 Å². The zero-order valence-electron chi connectivity index (χ0n) is 12.1. The van der Waals surface area contributed by atoms with Crippen molar-refractivity contribution in [3.05, 3.63) is 67.3 Å². The molecule has 1 aromatic carbocycles. The van der Waals surface area contributed by atoms with Gasteiger partial charge in [0, 0.05) is 51.2 Å². The Morgan fingerprint density at radius 3 is 2.74 bits per heavy atom. The van der Waals surface area contributed by atoms with E-state index in [4.69, 9.17) is 0 Å². The summed E-state index contributed by atoms with van der Waals surface area (Å²) in [6, 6.07) is 14.5. The van der Waals surface area contributed by atoms with Crippen LogP contribution in [0.4, 0.5) is 0 Å². The zero-order chi connectivity index (χ0) is 15.2. The van der Waals surface area contributed by atoms with E-state index in [0.717, 1.165) is 27.5 Å². The van der Waals surface area contributed by atoms with E-state index >= 15 is 0 Å². The third-order valence-corrected chi connectivity index (χ3v) is 5.16. The quantitative estimate of drug-likeness (QED) is 0.434. The molecule has 0 bridgehead atoms. The van der Waals surface area contributed by atoms with Crippen LogP contribution in [-0.2, 0) is 0 Å². The Bertz CT molecular complexity index is 1180. The maximum atomic E-state index is 4.66. The molecule has 0 spiro atoms. The molecule has 0 saturated carbocycles. The van der Waals surface area contributed by atoms with Crippen LogP contribution in [-0.4, -0.2) is 15.0 Å². The first-order chi connectivity index (χ1) is 11.4. The number of nitrogens with zero attached hydrogens (tertiary/aromatic N) is 3. The molecule has 5 aromatic rings. The van der Waals surface area contributed by atoms with Gasteiger partial charge in [-0.1, -0.05) is 12.1 Å². The van der Waals surface area contributed by atoms with E-state index < -0.39 is 0 Å². The number of fused-ring (bicyclic) bond motifs is 4. The van der Waals surface area contributed by atoms with E-state index in [2.05, 4.69) is 45.3 Å². The average Bonchev–Trinajstić information content (AvgIpc) is 3.00. The molecule has 23 heavy (non-hydrogen) atoms. The maximum Gasteiger partial charge on any atom is 0.0895 e. The predicted octanol–water partition coefficient (Wildman–Crippen LogP) is 5.06. The maximum absolute atomic E-state index is 4.66. The van der Waals surface area contributed by atoms with Crippen molar-refractivity contribution < 1.29 is 0 Å². The lowest BCUT2D eigenvalue weighted by Crippen LogP contribution is -1.86. The van der Waals surface area contributed by atoms with Gasteiger partial charge in [-0.3, -0.25) is 15.0 Å². The highest BCUT2D eigenvalue weighted by molar-refractivity contribution is 7.25. The third-order valence-electron chi connectivity index (χ3n) is 4.05. The van der Waals surface area contributed by atoms with Gasteiger partial charge in [-0.15, -0.1) is 11.3 Å². The second kappa shape index (κ2) is 4.83. The molecular formula is C19H11N3S. The summed E-state index contributed by atoms with van der Waals surface area (Å²) in [6.45, 7) is 0. The fourth-order valence-electron chi connectivity index (χ4n) is 2.98. The SMILES string of the molecule is c1cnc2c(c1)sc1cccc(-c3cc4cnccc4cn3)c12. The van der Waals surface area contributed by atoms with Crippen molar-refractivity contribution in [3.8, 4) is 11.3 Å². The average molecular weight is 313 g/mol. The zero-order valence-corrected chi connectivity index (χ0v) is 12.9. The predicted molar refractivity (Wildman–Crippen MR) is 95.7 cm³/mol. The first kappa shape index (κ1) is 12.7. The van der Waals surface area contributed by atoms with E-state index in [1.165, 1.54) is 14.8 Å². The molecule has 0 saturated heterocycles. The Morgan fingerprint density at radius 1 is 0.783 bits per heavy atom. The van der Waals surface area contributed by atoms with Crippen LogP contribution >= 0.6 is 11.3 Å². The monoisotopic (exact) mass is 313 g/mol. The van der Waals surface area contributed by atoms with Gasteiger partial charge in [0.25, 0.3) is 0 Å². The molecule has 3 nitrogen and oxygen atoms in total. The van der Waals surface area contributed by atoms with E-state index in [1.807, 2.05) is 30.7 Å². The summed E-state index contributed by atoms with van der Waals surface area (Å²) in [7, 11) is 0. The molecule has 5 rings (SSSR count). The summed E-state index contributed by atoms with van der Waals surface area (Å²) in [5, 5.41) is 3.38. The largest absolute Gasteiger partial charge is 0.264 e. The summed E-state index contributed by atoms with van der Waals surface area (Å²) >= 11 is 1.77. The van der Waals surface area contributed by atoms with Crippen molar-refractivity contribution >= 4 is 42.4 Å². The van der Waals surface area contributed by atoms with Gasteiger partial charge in [0.05, 0.1) is 15.9 Å². The van der Waals surface area contributed by atoms with Crippen molar-refractivity contribution in [2.75, 3.05) is 0 Å². The molecular weight excluding hydrogens is 302 g/mol. The lowest BCUT2D eigenvalue weighted by Gasteiger charge is -2.05. The van der Waals surface area contributed by atoms with Crippen LogP contribution < -0.4 is 0 Å². The molecule has 0 aliphatic heterocycles. The van der Waals surface area contributed by atoms with Gasteiger partial charge in [0.1, 0.15) is 0 Å². The molecule has 4 aromatic heterocycles. The van der Waals surface area contributed by atoms with Gasteiger partial charge >= 0.3 is 0 Å². The van der Waals surface area contributed by atoms with Crippen LogP contribution in [0.25, 0.3) is 42.3 Å². The Hall–Kier alpha value is -2.85. The Morgan fingerprint density at radius 2 is 1.74 bits per heavy atom. The van der Waals surface area contributed by atoms with Crippen LogP contribution in [0.3, 0.4) is 0 Å². The summed E-state index contributed by atoms with van der Waals surface area (Å²) in [4.78, 5) is 13.5. The van der Waals surface area contributed by atoms with E-state index in [1.54, 1.807) is 17.5 Å². The Balaban J connectivity index is 1.87. The minimum Gasteiger partial charge on any atom is -0.264 e. The smallest absolute Gasteiger partial charge is 0.0895 e. The molecule has 108 valence electrons. The van der Waals surface area contributed by atoms with Crippen LogP contribution in [0.15, 0.2) is 67.3 Å². The summed E-state index contributed by atoms with van der Waals surface area (Å²) in [6.07, 6.45) is 7.43. The Kier molecular flexibility index (Phi) is 2.66. The van der Waals surface area contributed by atoms with Gasteiger partial charge in [0.15, 0.2) is 0 Å². The third kappa shape index (κ3) is 1.92.